The van der Waals surface area contributed by atoms with Crippen molar-refractivity contribution in [2.24, 2.45) is 5.11 Å². The van der Waals surface area contributed by atoms with Gasteiger partial charge in [-0.2, -0.15) is 0 Å². The van der Waals surface area contributed by atoms with E-state index in [1.54, 1.807) is 0 Å². The van der Waals surface area contributed by atoms with E-state index in [0.29, 0.717) is 6.54 Å². The highest BCUT2D eigenvalue weighted by atomic mass is 16.5. The summed E-state index contributed by atoms with van der Waals surface area (Å²) in [6.07, 6.45) is 4.44. The maximum Gasteiger partial charge on any atom is 0.0733 e. The Balaban J connectivity index is 1.92. The Morgan fingerprint density at radius 3 is 3.13 bits per heavy atom. The van der Waals surface area contributed by atoms with Gasteiger partial charge in [0, 0.05) is 17.9 Å². The van der Waals surface area contributed by atoms with Crippen LogP contribution in [0.25, 0.3) is 10.4 Å². The highest BCUT2D eigenvalue weighted by Crippen LogP contribution is 2.40. The molecule has 0 saturated carbocycles. The summed E-state index contributed by atoms with van der Waals surface area (Å²) in [4.78, 5) is 2.77. The molecule has 0 bridgehead atoms. The monoisotopic (exact) mass is 211 g/mol. The molecule has 0 aliphatic carbocycles. The van der Waals surface area contributed by atoms with E-state index in [-0.39, 0.29) is 17.8 Å². The average molecular weight is 211 g/mol. The molecule has 15 heavy (non-hydrogen) atoms. The molecule has 84 valence electrons. The molecular formula is C10H17N3O2. The second kappa shape index (κ2) is 4.39. The highest BCUT2D eigenvalue weighted by Gasteiger charge is 2.42. The van der Waals surface area contributed by atoms with Crippen molar-refractivity contribution in [3.8, 4) is 0 Å². The van der Waals surface area contributed by atoms with E-state index in [4.69, 9.17) is 15.0 Å². The zero-order valence-corrected chi connectivity index (χ0v) is 9.06. The lowest BCUT2D eigenvalue weighted by Gasteiger charge is -2.36. The van der Waals surface area contributed by atoms with Crippen LogP contribution in [-0.4, -0.2) is 31.0 Å². The van der Waals surface area contributed by atoms with Crippen LogP contribution < -0.4 is 0 Å². The molecule has 2 aliphatic rings. The van der Waals surface area contributed by atoms with Crippen LogP contribution in [0.3, 0.4) is 0 Å². The first kappa shape index (κ1) is 10.7. The maximum absolute atomic E-state index is 8.25. The van der Waals surface area contributed by atoms with Crippen molar-refractivity contribution in [1.82, 2.24) is 0 Å². The predicted molar refractivity (Wildman–Crippen MR) is 55.5 cm³/mol. The third-order valence-corrected chi connectivity index (χ3v) is 3.31. The molecule has 3 atom stereocenters. The molecule has 0 aromatic carbocycles. The van der Waals surface area contributed by atoms with Crippen LogP contribution in [0.15, 0.2) is 5.11 Å². The van der Waals surface area contributed by atoms with E-state index >= 15 is 0 Å². The molecule has 2 fully saturated rings. The molecule has 2 aliphatic heterocycles. The van der Waals surface area contributed by atoms with E-state index < -0.39 is 0 Å². The lowest BCUT2D eigenvalue weighted by atomic mass is 9.88. The summed E-state index contributed by atoms with van der Waals surface area (Å²) in [6.45, 7) is 3.34. The number of hydrogen-bond donors (Lipinski definition) is 0. The van der Waals surface area contributed by atoms with Crippen molar-refractivity contribution in [3.05, 3.63) is 10.4 Å². The lowest BCUT2D eigenvalue weighted by Crippen LogP contribution is -2.40. The summed E-state index contributed by atoms with van der Waals surface area (Å²) in [6, 6.07) is 0. The Hall–Kier alpha value is -0.770. The standard InChI is InChI=1S/C10H17N3O2/c1-8-6-10(4-5-14-8)3-2-9(15-10)7-12-13-11/h8-9H,2-7H2,1H3/t8-,9+,10+/m1/s1. The number of azide groups is 1. The summed E-state index contributed by atoms with van der Waals surface area (Å²) < 4.78 is 11.5. The van der Waals surface area contributed by atoms with Crippen molar-refractivity contribution >= 4 is 0 Å². The molecule has 2 heterocycles. The van der Waals surface area contributed by atoms with Crippen molar-refractivity contribution in [1.29, 1.82) is 0 Å². The van der Waals surface area contributed by atoms with Crippen molar-refractivity contribution in [2.75, 3.05) is 13.2 Å². The third-order valence-electron chi connectivity index (χ3n) is 3.31. The summed E-state index contributed by atoms with van der Waals surface area (Å²) in [5.74, 6) is 0. The first-order valence-corrected chi connectivity index (χ1v) is 5.54. The van der Waals surface area contributed by atoms with Crippen molar-refractivity contribution in [3.63, 3.8) is 0 Å². The fourth-order valence-corrected chi connectivity index (χ4v) is 2.62. The second-order valence-corrected chi connectivity index (χ2v) is 4.51. The Morgan fingerprint density at radius 2 is 2.40 bits per heavy atom. The van der Waals surface area contributed by atoms with Gasteiger partial charge in [0.2, 0.25) is 0 Å². The molecule has 2 rings (SSSR count). The largest absolute Gasteiger partial charge is 0.378 e. The number of hydrogen-bond acceptors (Lipinski definition) is 3. The van der Waals surface area contributed by atoms with Crippen LogP contribution in [0, 0.1) is 0 Å². The summed E-state index contributed by atoms with van der Waals surface area (Å²) >= 11 is 0. The van der Waals surface area contributed by atoms with E-state index in [0.717, 1.165) is 32.3 Å². The van der Waals surface area contributed by atoms with E-state index in [1.807, 2.05) is 0 Å². The summed E-state index contributed by atoms with van der Waals surface area (Å²) in [5.41, 5.74) is 8.26. The average Bonchev–Trinajstić information content (AvgIpc) is 2.58. The third kappa shape index (κ3) is 2.43. The quantitative estimate of drug-likeness (QED) is 0.400. The minimum Gasteiger partial charge on any atom is -0.378 e. The van der Waals surface area contributed by atoms with Crippen LogP contribution >= 0.6 is 0 Å². The normalized spacial score (nSPS) is 40.3. The zero-order chi connectivity index (χ0) is 10.7. The Kier molecular flexibility index (Phi) is 3.14. The topological polar surface area (TPSA) is 67.2 Å². The van der Waals surface area contributed by atoms with Crippen LogP contribution in [0.5, 0.6) is 0 Å². The van der Waals surface area contributed by atoms with Crippen LogP contribution in [-0.2, 0) is 9.47 Å². The molecule has 0 aromatic heterocycles. The predicted octanol–water partition coefficient (Wildman–Crippen LogP) is 2.41. The van der Waals surface area contributed by atoms with Crippen LogP contribution in [0.4, 0.5) is 0 Å². The van der Waals surface area contributed by atoms with E-state index in [2.05, 4.69) is 16.9 Å². The first-order valence-electron chi connectivity index (χ1n) is 5.54. The Labute approximate surface area is 89.4 Å². The lowest BCUT2D eigenvalue weighted by molar-refractivity contribution is -0.125. The van der Waals surface area contributed by atoms with Gasteiger partial charge < -0.3 is 9.47 Å². The van der Waals surface area contributed by atoms with Gasteiger partial charge >= 0.3 is 0 Å². The van der Waals surface area contributed by atoms with Gasteiger partial charge in [0.05, 0.1) is 24.4 Å². The van der Waals surface area contributed by atoms with Gasteiger partial charge in [-0.25, -0.2) is 0 Å². The molecule has 0 radical (unpaired) electrons. The maximum atomic E-state index is 8.25. The molecule has 0 N–H and O–H groups in total. The van der Waals surface area contributed by atoms with Gasteiger partial charge in [-0.3, -0.25) is 0 Å². The molecule has 5 heteroatoms. The van der Waals surface area contributed by atoms with Gasteiger partial charge in [0.1, 0.15) is 0 Å². The molecule has 0 amide bonds. The number of nitrogens with zero attached hydrogens (tertiary/aromatic N) is 3. The summed E-state index contributed by atoms with van der Waals surface area (Å²) in [7, 11) is 0. The zero-order valence-electron chi connectivity index (χ0n) is 9.06. The second-order valence-electron chi connectivity index (χ2n) is 4.51. The fraction of sp³-hybridized carbons (Fsp3) is 1.00. The highest BCUT2D eigenvalue weighted by molar-refractivity contribution is 4.93. The molecule has 5 nitrogen and oxygen atoms in total. The van der Waals surface area contributed by atoms with Gasteiger partial charge in [0.25, 0.3) is 0 Å². The SMILES string of the molecule is C[C@@H]1C[C@@]2(CCO1)CC[C@@H](CN=[N+]=[N-])O2. The smallest absolute Gasteiger partial charge is 0.0733 e. The molecule has 0 unspecified atom stereocenters. The van der Waals surface area contributed by atoms with Gasteiger partial charge in [-0.15, -0.1) is 0 Å². The Bertz CT molecular complexity index is 278. The fourth-order valence-electron chi connectivity index (χ4n) is 2.62. The minimum atomic E-state index is 0.00725. The molecule has 0 aromatic rings. The number of rotatable bonds is 2. The van der Waals surface area contributed by atoms with Gasteiger partial charge in [-0.1, -0.05) is 5.11 Å². The minimum absolute atomic E-state index is 0.00725. The number of ether oxygens (including phenoxy) is 2. The van der Waals surface area contributed by atoms with Gasteiger partial charge in [-0.05, 0) is 31.7 Å². The Morgan fingerprint density at radius 1 is 1.53 bits per heavy atom. The summed E-state index contributed by atoms with van der Waals surface area (Å²) in [5, 5.41) is 3.58. The van der Waals surface area contributed by atoms with E-state index in [9.17, 15) is 0 Å². The molecule has 2 saturated heterocycles. The van der Waals surface area contributed by atoms with Crippen molar-refractivity contribution < 1.29 is 9.47 Å². The van der Waals surface area contributed by atoms with E-state index in [1.165, 1.54) is 0 Å². The van der Waals surface area contributed by atoms with Crippen LogP contribution in [0.1, 0.15) is 32.6 Å². The van der Waals surface area contributed by atoms with Gasteiger partial charge in [0.15, 0.2) is 0 Å². The molecule has 1 spiro atoms. The molecular weight excluding hydrogens is 194 g/mol. The van der Waals surface area contributed by atoms with Crippen LogP contribution in [0.2, 0.25) is 0 Å². The first-order chi connectivity index (χ1) is 7.24. The van der Waals surface area contributed by atoms with Crippen molar-refractivity contribution in [2.45, 2.75) is 50.4 Å².